The number of carboxylic acids is 1. The maximum absolute atomic E-state index is 12.0. The second-order valence-electron chi connectivity index (χ2n) is 4.84. The molecule has 0 saturated carbocycles. The van der Waals surface area contributed by atoms with E-state index in [9.17, 15) is 9.59 Å². The van der Waals surface area contributed by atoms with Crippen molar-refractivity contribution in [2.45, 2.75) is 38.5 Å². The van der Waals surface area contributed by atoms with Crippen molar-refractivity contribution in [1.82, 2.24) is 10.9 Å². The van der Waals surface area contributed by atoms with E-state index in [0.29, 0.717) is 35.9 Å². The molecule has 103 valence electrons. The number of rotatable bonds is 3. The molecule has 1 heterocycles. The standard InChI is InChI=1S/C12H16N3O3S/c1-6(2)10-14-15-12(19-10)13-9(16)7-4-3-5-8(7)11(17)18/h6,10,14H,3-5H2,1-2H3,(H,17,18). The van der Waals surface area contributed by atoms with E-state index >= 15 is 0 Å². The summed E-state index contributed by atoms with van der Waals surface area (Å²) in [5.74, 6) is -1.11. The summed E-state index contributed by atoms with van der Waals surface area (Å²) in [6, 6.07) is 0. The van der Waals surface area contributed by atoms with Gasteiger partial charge in [0, 0.05) is 11.1 Å². The van der Waals surface area contributed by atoms with E-state index < -0.39 is 11.9 Å². The van der Waals surface area contributed by atoms with E-state index in [4.69, 9.17) is 5.11 Å². The van der Waals surface area contributed by atoms with E-state index in [1.54, 1.807) is 0 Å². The van der Waals surface area contributed by atoms with Gasteiger partial charge in [0.15, 0.2) is 0 Å². The molecule has 6 nitrogen and oxygen atoms in total. The first-order valence-corrected chi connectivity index (χ1v) is 7.08. The van der Waals surface area contributed by atoms with Crippen LogP contribution in [0.1, 0.15) is 33.1 Å². The third-order valence-electron chi connectivity index (χ3n) is 3.06. The zero-order valence-corrected chi connectivity index (χ0v) is 11.7. The van der Waals surface area contributed by atoms with Crippen molar-refractivity contribution in [3.8, 4) is 0 Å². The fraction of sp³-hybridized carbons (Fsp3) is 0.583. The van der Waals surface area contributed by atoms with Gasteiger partial charge in [-0.3, -0.25) is 4.79 Å². The molecule has 19 heavy (non-hydrogen) atoms. The van der Waals surface area contributed by atoms with Crippen LogP contribution < -0.4 is 10.9 Å². The first-order chi connectivity index (χ1) is 8.99. The number of thioether (sulfide) groups is 1. The number of aliphatic imine (C=N–C) groups is 1. The third kappa shape index (κ3) is 3.16. The SMILES string of the molecule is CC(C)C1N[N]C(=NC(=O)C2=C(C(=O)O)CCC2)S1. The van der Waals surface area contributed by atoms with Crippen molar-refractivity contribution >= 4 is 28.8 Å². The fourth-order valence-corrected chi connectivity index (χ4v) is 2.84. The minimum Gasteiger partial charge on any atom is -0.478 e. The average molecular weight is 282 g/mol. The van der Waals surface area contributed by atoms with Gasteiger partial charge in [-0.05, 0) is 25.2 Å². The minimum absolute atomic E-state index is 0.114. The second-order valence-corrected chi connectivity index (χ2v) is 5.95. The lowest BCUT2D eigenvalue weighted by molar-refractivity contribution is -0.133. The first kappa shape index (κ1) is 14.1. The second kappa shape index (κ2) is 5.75. The van der Waals surface area contributed by atoms with Gasteiger partial charge in [-0.1, -0.05) is 25.6 Å². The Morgan fingerprint density at radius 2 is 2.11 bits per heavy atom. The minimum atomic E-state index is -1.02. The summed E-state index contributed by atoms with van der Waals surface area (Å²) in [5.41, 5.74) is 7.42. The Labute approximate surface area is 115 Å². The quantitative estimate of drug-likeness (QED) is 0.813. The number of aliphatic carboxylic acids is 1. The molecule has 1 radical (unpaired) electrons. The lowest BCUT2D eigenvalue weighted by Crippen LogP contribution is -2.29. The lowest BCUT2D eigenvalue weighted by atomic mass is 10.1. The van der Waals surface area contributed by atoms with Crippen LogP contribution in [0.15, 0.2) is 16.1 Å². The first-order valence-electron chi connectivity index (χ1n) is 6.20. The number of carbonyl (C=O) groups excluding carboxylic acids is 1. The summed E-state index contributed by atoms with van der Waals surface area (Å²) in [5, 5.41) is 9.50. The van der Waals surface area contributed by atoms with E-state index in [-0.39, 0.29) is 10.9 Å². The predicted octanol–water partition coefficient (Wildman–Crippen LogP) is 1.27. The zero-order chi connectivity index (χ0) is 14.0. The van der Waals surface area contributed by atoms with Gasteiger partial charge in [0.05, 0.1) is 5.37 Å². The van der Waals surface area contributed by atoms with Gasteiger partial charge in [-0.25, -0.2) is 4.79 Å². The summed E-state index contributed by atoms with van der Waals surface area (Å²) in [7, 11) is 0. The molecule has 0 spiro atoms. The van der Waals surface area contributed by atoms with Crippen molar-refractivity contribution in [2.24, 2.45) is 10.9 Å². The largest absolute Gasteiger partial charge is 0.478 e. The highest BCUT2D eigenvalue weighted by atomic mass is 32.2. The van der Waals surface area contributed by atoms with Crippen LogP contribution >= 0.6 is 11.8 Å². The topological polar surface area (TPSA) is 92.9 Å². The number of amidine groups is 1. The van der Waals surface area contributed by atoms with Crippen LogP contribution in [0.3, 0.4) is 0 Å². The van der Waals surface area contributed by atoms with Crippen LogP contribution in [0.25, 0.3) is 0 Å². The summed E-state index contributed by atoms with van der Waals surface area (Å²) in [6.07, 6.45) is 1.63. The Kier molecular flexibility index (Phi) is 4.26. The molecule has 0 aromatic carbocycles. The van der Waals surface area contributed by atoms with Crippen LogP contribution in [-0.4, -0.2) is 27.5 Å². The smallest absolute Gasteiger partial charge is 0.332 e. The fourth-order valence-electron chi connectivity index (χ4n) is 1.99. The Morgan fingerprint density at radius 1 is 1.42 bits per heavy atom. The Balaban J connectivity index is 2.10. The summed E-state index contributed by atoms with van der Waals surface area (Å²) < 4.78 is 0. The Bertz CT molecular complexity index is 471. The molecule has 1 fully saturated rings. The summed E-state index contributed by atoms with van der Waals surface area (Å²) in [4.78, 5) is 26.9. The summed E-state index contributed by atoms with van der Waals surface area (Å²) in [6.45, 7) is 4.10. The van der Waals surface area contributed by atoms with Crippen LogP contribution in [0.2, 0.25) is 0 Å². The zero-order valence-electron chi connectivity index (χ0n) is 10.8. The molecule has 0 aromatic rings. The molecule has 2 aliphatic rings. The molecule has 1 saturated heterocycles. The number of carboxylic acid groups (broad SMARTS) is 1. The van der Waals surface area contributed by atoms with E-state index in [2.05, 4.69) is 15.8 Å². The van der Waals surface area contributed by atoms with Crippen molar-refractivity contribution in [1.29, 1.82) is 0 Å². The Hall–Kier alpha value is -1.34. The Morgan fingerprint density at radius 3 is 2.68 bits per heavy atom. The highest BCUT2D eigenvalue weighted by Crippen LogP contribution is 2.28. The van der Waals surface area contributed by atoms with E-state index in [0.717, 1.165) is 0 Å². The van der Waals surface area contributed by atoms with E-state index in [1.165, 1.54) is 11.8 Å². The van der Waals surface area contributed by atoms with Crippen LogP contribution in [0.5, 0.6) is 0 Å². The third-order valence-corrected chi connectivity index (χ3v) is 4.35. The molecule has 0 bridgehead atoms. The molecule has 1 aliphatic heterocycles. The van der Waals surface area contributed by atoms with Gasteiger partial charge >= 0.3 is 5.97 Å². The maximum Gasteiger partial charge on any atom is 0.332 e. The van der Waals surface area contributed by atoms with Gasteiger partial charge < -0.3 is 5.11 Å². The normalized spacial score (nSPS) is 25.2. The average Bonchev–Trinajstić information content (AvgIpc) is 2.96. The van der Waals surface area contributed by atoms with Crippen molar-refractivity contribution in [3.05, 3.63) is 11.1 Å². The molecule has 1 amide bonds. The summed E-state index contributed by atoms with van der Waals surface area (Å²) >= 11 is 1.40. The monoisotopic (exact) mass is 282 g/mol. The van der Waals surface area contributed by atoms with Gasteiger partial charge in [-0.2, -0.15) is 15.8 Å². The maximum atomic E-state index is 12.0. The molecule has 7 heteroatoms. The molecule has 2 rings (SSSR count). The van der Waals surface area contributed by atoms with E-state index in [1.807, 2.05) is 13.8 Å². The van der Waals surface area contributed by atoms with Gasteiger partial charge in [0.25, 0.3) is 5.91 Å². The van der Waals surface area contributed by atoms with Crippen LogP contribution in [0, 0.1) is 5.92 Å². The highest BCUT2D eigenvalue weighted by molar-refractivity contribution is 8.14. The molecular weight excluding hydrogens is 266 g/mol. The lowest BCUT2D eigenvalue weighted by Gasteiger charge is -2.09. The highest BCUT2D eigenvalue weighted by Gasteiger charge is 2.29. The number of nitrogens with zero attached hydrogens (tertiary/aromatic N) is 2. The number of amides is 1. The number of carbonyl (C=O) groups is 2. The predicted molar refractivity (Wildman–Crippen MR) is 72.4 cm³/mol. The molecule has 1 unspecified atom stereocenters. The van der Waals surface area contributed by atoms with Gasteiger partial charge in [-0.15, -0.1) is 0 Å². The van der Waals surface area contributed by atoms with Crippen molar-refractivity contribution in [2.75, 3.05) is 0 Å². The molecule has 1 atom stereocenters. The molecule has 0 aromatic heterocycles. The number of hydrogen-bond donors (Lipinski definition) is 2. The van der Waals surface area contributed by atoms with Crippen molar-refractivity contribution < 1.29 is 14.7 Å². The molecule has 1 aliphatic carbocycles. The van der Waals surface area contributed by atoms with Crippen molar-refractivity contribution in [3.63, 3.8) is 0 Å². The molecule has 2 N–H and O–H groups in total. The number of nitrogens with one attached hydrogen (secondary N) is 1. The number of hydrogen-bond acceptors (Lipinski definition) is 4. The van der Waals surface area contributed by atoms with Gasteiger partial charge in [0.2, 0.25) is 5.17 Å². The van der Waals surface area contributed by atoms with Gasteiger partial charge in [0.1, 0.15) is 0 Å². The van der Waals surface area contributed by atoms with Crippen LogP contribution in [0.4, 0.5) is 0 Å². The molecular formula is C12H16N3O3S. The van der Waals surface area contributed by atoms with Crippen LogP contribution in [-0.2, 0) is 9.59 Å².